The highest BCUT2D eigenvalue weighted by atomic mass is 19.1. The summed E-state index contributed by atoms with van der Waals surface area (Å²) in [6.07, 6.45) is 6.84. The number of aliphatic carboxylic acids is 1. The Balaban J connectivity index is 2.30. The number of carbonyl (C=O) groups is 1. The van der Waals surface area contributed by atoms with Crippen molar-refractivity contribution in [3.63, 3.8) is 0 Å². The van der Waals surface area contributed by atoms with Crippen LogP contribution in [-0.2, 0) is 4.79 Å². The van der Waals surface area contributed by atoms with E-state index < -0.39 is 5.97 Å². The quantitative estimate of drug-likeness (QED) is 0.824. The van der Waals surface area contributed by atoms with E-state index in [0.717, 1.165) is 36.8 Å². The first-order chi connectivity index (χ1) is 8.66. The van der Waals surface area contributed by atoms with Crippen LogP contribution in [0.25, 0.3) is 5.57 Å². The summed E-state index contributed by atoms with van der Waals surface area (Å²) >= 11 is 0. The van der Waals surface area contributed by atoms with Crippen molar-refractivity contribution < 1.29 is 14.3 Å². The molecule has 0 radical (unpaired) electrons. The summed E-state index contributed by atoms with van der Waals surface area (Å²) in [6, 6.07) is 6.10. The molecule has 0 unspecified atom stereocenters. The Labute approximate surface area is 106 Å². The Morgan fingerprint density at radius 2 is 1.78 bits per heavy atom. The summed E-state index contributed by atoms with van der Waals surface area (Å²) in [4.78, 5) is 10.9. The second kappa shape index (κ2) is 5.80. The molecule has 1 aliphatic rings. The van der Waals surface area contributed by atoms with Gasteiger partial charge in [0.15, 0.2) is 0 Å². The molecule has 0 aromatic heterocycles. The molecule has 0 spiro atoms. The van der Waals surface area contributed by atoms with Crippen LogP contribution < -0.4 is 0 Å². The number of rotatable bonds is 3. The first-order valence-electron chi connectivity index (χ1n) is 6.37. The first kappa shape index (κ1) is 12.8. The van der Waals surface area contributed by atoms with Gasteiger partial charge in [-0.2, -0.15) is 0 Å². The average Bonchev–Trinajstić information content (AvgIpc) is 2.38. The van der Waals surface area contributed by atoms with Gasteiger partial charge < -0.3 is 5.11 Å². The molecular formula is C15H17FO2. The van der Waals surface area contributed by atoms with Gasteiger partial charge in [0, 0.05) is 6.08 Å². The van der Waals surface area contributed by atoms with Crippen molar-refractivity contribution in [3.8, 4) is 0 Å². The zero-order valence-corrected chi connectivity index (χ0v) is 10.2. The lowest BCUT2D eigenvalue weighted by molar-refractivity contribution is -0.131. The minimum absolute atomic E-state index is 0.292. The van der Waals surface area contributed by atoms with E-state index in [1.54, 1.807) is 12.1 Å². The van der Waals surface area contributed by atoms with E-state index in [4.69, 9.17) is 5.11 Å². The largest absolute Gasteiger partial charge is 0.478 e. The first-order valence-corrected chi connectivity index (χ1v) is 6.37. The minimum Gasteiger partial charge on any atom is -0.478 e. The fourth-order valence-corrected chi connectivity index (χ4v) is 2.63. The molecule has 0 amide bonds. The topological polar surface area (TPSA) is 37.3 Å². The van der Waals surface area contributed by atoms with Gasteiger partial charge in [0.1, 0.15) is 5.82 Å². The standard InChI is InChI=1S/C15H17FO2/c16-13-8-6-12(7-9-13)14(10-15(17)18)11-4-2-1-3-5-11/h6-11H,1-5H2,(H,17,18)/b14-10+. The van der Waals surface area contributed by atoms with E-state index in [1.165, 1.54) is 24.6 Å². The van der Waals surface area contributed by atoms with Crippen molar-refractivity contribution >= 4 is 11.5 Å². The SMILES string of the molecule is O=C(O)/C=C(/c1ccc(F)cc1)C1CCCCC1. The molecule has 3 heteroatoms. The fourth-order valence-electron chi connectivity index (χ4n) is 2.63. The van der Waals surface area contributed by atoms with Crippen LogP contribution in [-0.4, -0.2) is 11.1 Å². The van der Waals surface area contributed by atoms with E-state index >= 15 is 0 Å². The summed E-state index contributed by atoms with van der Waals surface area (Å²) in [7, 11) is 0. The van der Waals surface area contributed by atoms with Gasteiger partial charge >= 0.3 is 5.97 Å². The average molecular weight is 248 g/mol. The van der Waals surface area contributed by atoms with E-state index in [9.17, 15) is 9.18 Å². The highest BCUT2D eigenvalue weighted by Gasteiger charge is 2.20. The van der Waals surface area contributed by atoms with Crippen LogP contribution in [0.2, 0.25) is 0 Å². The maximum absolute atomic E-state index is 12.9. The second-order valence-corrected chi connectivity index (χ2v) is 4.78. The fraction of sp³-hybridized carbons (Fsp3) is 0.400. The maximum Gasteiger partial charge on any atom is 0.328 e. The van der Waals surface area contributed by atoms with Crippen molar-refractivity contribution in [3.05, 3.63) is 41.7 Å². The number of hydrogen-bond donors (Lipinski definition) is 1. The molecule has 1 saturated carbocycles. The Morgan fingerprint density at radius 1 is 1.17 bits per heavy atom. The van der Waals surface area contributed by atoms with Crippen LogP contribution in [0.1, 0.15) is 37.7 Å². The minimum atomic E-state index is -0.931. The van der Waals surface area contributed by atoms with Gasteiger partial charge in [-0.25, -0.2) is 9.18 Å². The van der Waals surface area contributed by atoms with Gasteiger partial charge in [-0.15, -0.1) is 0 Å². The van der Waals surface area contributed by atoms with E-state index in [1.807, 2.05) is 0 Å². The maximum atomic E-state index is 12.9. The molecule has 0 saturated heterocycles. The van der Waals surface area contributed by atoms with Gasteiger partial charge in [0.25, 0.3) is 0 Å². The Hall–Kier alpha value is -1.64. The molecule has 1 fully saturated rings. The van der Waals surface area contributed by atoms with Crippen molar-refractivity contribution in [2.75, 3.05) is 0 Å². The normalized spacial score (nSPS) is 17.7. The molecule has 96 valence electrons. The highest BCUT2D eigenvalue weighted by Crippen LogP contribution is 2.35. The summed E-state index contributed by atoms with van der Waals surface area (Å²) in [5.74, 6) is -0.933. The molecule has 0 bridgehead atoms. The number of allylic oxidation sites excluding steroid dienone is 1. The smallest absolute Gasteiger partial charge is 0.328 e. The highest BCUT2D eigenvalue weighted by molar-refractivity contribution is 5.90. The van der Waals surface area contributed by atoms with Gasteiger partial charge in [-0.3, -0.25) is 0 Å². The summed E-state index contributed by atoms with van der Waals surface area (Å²) < 4.78 is 12.9. The summed E-state index contributed by atoms with van der Waals surface area (Å²) in [5.41, 5.74) is 1.66. The molecule has 1 aromatic rings. The third-order valence-corrected chi connectivity index (χ3v) is 3.50. The summed E-state index contributed by atoms with van der Waals surface area (Å²) in [6.45, 7) is 0. The molecule has 0 heterocycles. The molecule has 1 N–H and O–H groups in total. The van der Waals surface area contributed by atoms with E-state index in [-0.39, 0.29) is 5.82 Å². The number of benzene rings is 1. The lowest BCUT2D eigenvalue weighted by Crippen LogP contribution is -2.10. The Bertz CT molecular complexity index is 442. The monoisotopic (exact) mass is 248 g/mol. The zero-order valence-electron chi connectivity index (χ0n) is 10.2. The van der Waals surface area contributed by atoms with Crippen molar-refractivity contribution in [2.45, 2.75) is 32.1 Å². The van der Waals surface area contributed by atoms with Crippen molar-refractivity contribution in [2.24, 2.45) is 5.92 Å². The van der Waals surface area contributed by atoms with Crippen LogP contribution in [0.5, 0.6) is 0 Å². The third kappa shape index (κ3) is 3.19. The van der Waals surface area contributed by atoms with Gasteiger partial charge in [-0.1, -0.05) is 31.4 Å². The van der Waals surface area contributed by atoms with Crippen LogP contribution in [0.4, 0.5) is 4.39 Å². The molecule has 2 rings (SSSR count). The number of carboxylic acids is 1. The van der Waals surface area contributed by atoms with Crippen LogP contribution in [0, 0.1) is 11.7 Å². The molecule has 1 aromatic carbocycles. The van der Waals surface area contributed by atoms with Crippen molar-refractivity contribution in [1.82, 2.24) is 0 Å². The lowest BCUT2D eigenvalue weighted by atomic mass is 9.81. The molecule has 2 nitrogen and oxygen atoms in total. The molecule has 18 heavy (non-hydrogen) atoms. The number of hydrogen-bond acceptors (Lipinski definition) is 1. The molecule has 1 aliphatic carbocycles. The van der Waals surface area contributed by atoms with Gasteiger partial charge in [0.05, 0.1) is 0 Å². The second-order valence-electron chi connectivity index (χ2n) is 4.78. The molecule has 0 atom stereocenters. The zero-order chi connectivity index (χ0) is 13.0. The van der Waals surface area contributed by atoms with Crippen LogP contribution >= 0.6 is 0 Å². The van der Waals surface area contributed by atoms with Crippen molar-refractivity contribution in [1.29, 1.82) is 0 Å². The Kier molecular flexibility index (Phi) is 4.13. The van der Waals surface area contributed by atoms with Crippen LogP contribution in [0.3, 0.4) is 0 Å². The molecule has 0 aliphatic heterocycles. The number of carboxylic acid groups (broad SMARTS) is 1. The summed E-state index contributed by atoms with van der Waals surface area (Å²) in [5, 5.41) is 8.98. The van der Waals surface area contributed by atoms with E-state index in [2.05, 4.69) is 0 Å². The predicted octanol–water partition coefficient (Wildman–Crippen LogP) is 3.87. The van der Waals surface area contributed by atoms with Gasteiger partial charge in [0.2, 0.25) is 0 Å². The number of halogens is 1. The third-order valence-electron chi connectivity index (χ3n) is 3.50. The van der Waals surface area contributed by atoms with Gasteiger partial charge in [-0.05, 0) is 42.0 Å². The Morgan fingerprint density at radius 3 is 2.33 bits per heavy atom. The van der Waals surface area contributed by atoms with Crippen LogP contribution in [0.15, 0.2) is 30.3 Å². The lowest BCUT2D eigenvalue weighted by Gasteiger charge is -2.24. The molecular weight excluding hydrogens is 231 g/mol. The predicted molar refractivity (Wildman–Crippen MR) is 68.6 cm³/mol. The van der Waals surface area contributed by atoms with E-state index in [0.29, 0.717) is 5.92 Å².